The largest absolute Gasteiger partial charge is 0.289 e. The predicted molar refractivity (Wildman–Crippen MR) is 93.5 cm³/mol. The van der Waals surface area contributed by atoms with Gasteiger partial charge in [0, 0.05) is 13.1 Å². The van der Waals surface area contributed by atoms with Crippen molar-refractivity contribution in [3.8, 4) is 0 Å². The van der Waals surface area contributed by atoms with E-state index in [0.717, 1.165) is 49.3 Å². The summed E-state index contributed by atoms with van der Waals surface area (Å²) in [7, 11) is -3.28. The summed E-state index contributed by atoms with van der Waals surface area (Å²) >= 11 is 0. The molecular weight excluding hydrogens is 340 g/mol. The van der Waals surface area contributed by atoms with Gasteiger partial charge in [-0.3, -0.25) is 9.62 Å². The van der Waals surface area contributed by atoms with Crippen molar-refractivity contribution in [3.05, 3.63) is 35.2 Å². The number of hydrogen-bond donors (Lipinski definition) is 1. The van der Waals surface area contributed by atoms with Crippen molar-refractivity contribution in [1.29, 1.82) is 0 Å². The third-order valence-electron chi connectivity index (χ3n) is 4.92. The smallest absolute Gasteiger partial charge is 0.229 e. The van der Waals surface area contributed by atoms with Crippen LogP contribution in [0.15, 0.2) is 18.2 Å². The minimum Gasteiger partial charge on any atom is -0.289 e. The van der Waals surface area contributed by atoms with E-state index in [1.807, 2.05) is 16.8 Å². The molecule has 1 saturated carbocycles. The molecule has 1 aromatic carbocycles. The van der Waals surface area contributed by atoms with Gasteiger partial charge in [0.1, 0.15) is 0 Å². The molecule has 2 aromatic rings. The first kappa shape index (κ1) is 16.5. The first-order chi connectivity index (χ1) is 11.9. The molecule has 2 heterocycles. The van der Waals surface area contributed by atoms with E-state index in [0.29, 0.717) is 11.7 Å². The first-order valence-electron chi connectivity index (χ1n) is 8.53. The van der Waals surface area contributed by atoms with E-state index in [9.17, 15) is 8.42 Å². The number of fused-ring (bicyclic) bond motifs is 1. The van der Waals surface area contributed by atoms with Crippen molar-refractivity contribution in [2.24, 2.45) is 0 Å². The molecule has 134 valence electrons. The molecule has 4 rings (SSSR count). The third-order valence-corrected chi connectivity index (χ3v) is 5.51. The lowest BCUT2D eigenvalue weighted by Crippen LogP contribution is -2.34. The first-order valence-corrected chi connectivity index (χ1v) is 10.4. The second-order valence-corrected chi connectivity index (χ2v) is 8.68. The number of nitrogens with one attached hydrogen (secondary N) is 1. The number of benzene rings is 1. The monoisotopic (exact) mass is 362 g/mol. The Morgan fingerprint density at radius 1 is 1.32 bits per heavy atom. The molecule has 0 saturated heterocycles. The molecule has 1 aromatic heterocycles. The minimum absolute atomic E-state index is 0.121. The van der Waals surface area contributed by atoms with Crippen LogP contribution in [0, 0.1) is 0 Å². The van der Waals surface area contributed by atoms with Crippen LogP contribution >= 0.6 is 0 Å². The van der Waals surface area contributed by atoms with Crippen LogP contribution in [-0.2, 0) is 23.0 Å². The molecular formula is C16H22N6O2S. The molecule has 1 atom stereocenters. The van der Waals surface area contributed by atoms with Gasteiger partial charge in [0.15, 0.2) is 5.82 Å². The number of nitrogens with zero attached hydrogens (tertiary/aromatic N) is 5. The highest BCUT2D eigenvalue weighted by molar-refractivity contribution is 7.92. The molecule has 25 heavy (non-hydrogen) atoms. The average Bonchev–Trinajstić information content (AvgIpc) is 3.29. The minimum atomic E-state index is -3.28. The number of aromatic nitrogens is 4. The van der Waals surface area contributed by atoms with E-state index >= 15 is 0 Å². The highest BCUT2D eigenvalue weighted by Gasteiger charge is 2.32. The van der Waals surface area contributed by atoms with Crippen molar-refractivity contribution >= 4 is 15.7 Å². The van der Waals surface area contributed by atoms with E-state index in [-0.39, 0.29) is 6.04 Å². The Bertz CT molecular complexity index is 890. The summed E-state index contributed by atoms with van der Waals surface area (Å²) in [5.41, 5.74) is 2.92. The van der Waals surface area contributed by atoms with Crippen molar-refractivity contribution in [2.45, 2.75) is 44.8 Å². The zero-order chi connectivity index (χ0) is 17.6. The van der Waals surface area contributed by atoms with E-state index < -0.39 is 10.0 Å². The standard InChI is InChI=1S/C16H22N6O2S/c1-11(16-17-19-20-22(16)13-6-7-13)21-9-8-14-12(10-21)4-3-5-15(14)18-25(2,23)24/h3-5,11,13,18H,6-10H2,1-2H3. The fourth-order valence-corrected chi connectivity index (χ4v) is 4.07. The van der Waals surface area contributed by atoms with Gasteiger partial charge in [0.25, 0.3) is 0 Å². The molecule has 1 aliphatic carbocycles. The van der Waals surface area contributed by atoms with Gasteiger partial charge < -0.3 is 0 Å². The van der Waals surface area contributed by atoms with E-state index in [1.54, 1.807) is 0 Å². The molecule has 9 heteroatoms. The second kappa shape index (κ2) is 6.06. The average molecular weight is 362 g/mol. The summed E-state index contributed by atoms with van der Waals surface area (Å²) in [5.74, 6) is 0.913. The molecule has 0 radical (unpaired) electrons. The van der Waals surface area contributed by atoms with Gasteiger partial charge in [0.05, 0.1) is 24.0 Å². The van der Waals surface area contributed by atoms with Crippen molar-refractivity contribution in [3.63, 3.8) is 0 Å². The number of rotatable bonds is 5. The van der Waals surface area contributed by atoms with Crippen LogP contribution < -0.4 is 4.72 Å². The summed E-state index contributed by atoms with van der Waals surface area (Å²) in [6.07, 6.45) is 4.27. The fourth-order valence-electron chi connectivity index (χ4n) is 3.48. The predicted octanol–water partition coefficient (Wildman–Crippen LogP) is 1.50. The van der Waals surface area contributed by atoms with Gasteiger partial charge in [-0.15, -0.1) is 5.10 Å². The highest BCUT2D eigenvalue weighted by Crippen LogP contribution is 2.37. The van der Waals surface area contributed by atoms with Gasteiger partial charge >= 0.3 is 0 Å². The van der Waals surface area contributed by atoms with Gasteiger partial charge in [-0.1, -0.05) is 12.1 Å². The molecule has 1 unspecified atom stereocenters. The lowest BCUT2D eigenvalue weighted by molar-refractivity contribution is 0.180. The van der Waals surface area contributed by atoms with Gasteiger partial charge in [0.2, 0.25) is 10.0 Å². The normalized spacial score (nSPS) is 19.4. The summed E-state index contributed by atoms with van der Waals surface area (Å²) in [6, 6.07) is 6.36. The molecule has 1 N–H and O–H groups in total. The maximum absolute atomic E-state index is 11.6. The van der Waals surface area contributed by atoms with Crippen LogP contribution in [0.2, 0.25) is 0 Å². The molecule has 1 aliphatic heterocycles. The summed E-state index contributed by atoms with van der Waals surface area (Å²) in [6.45, 7) is 3.73. The van der Waals surface area contributed by atoms with Crippen molar-refractivity contribution in [2.75, 3.05) is 17.5 Å². The van der Waals surface area contributed by atoms with E-state index in [4.69, 9.17) is 0 Å². The number of sulfonamides is 1. The van der Waals surface area contributed by atoms with Crippen LogP contribution in [0.25, 0.3) is 0 Å². The molecule has 2 aliphatic rings. The Kier molecular flexibility index (Phi) is 3.99. The topological polar surface area (TPSA) is 93.0 Å². The molecule has 8 nitrogen and oxygen atoms in total. The van der Waals surface area contributed by atoms with Crippen molar-refractivity contribution < 1.29 is 8.42 Å². The maximum atomic E-state index is 11.6. The van der Waals surface area contributed by atoms with Crippen LogP contribution in [0.1, 0.15) is 48.8 Å². The molecule has 0 bridgehead atoms. The zero-order valence-electron chi connectivity index (χ0n) is 14.4. The Hall–Kier alpha value is -2.00. The fraction of sp³-hybridized carbons (Fsp3) is 0.562. The van der Waals surface area contributed by atoms with Crippen LogP contribution in [-0.4, -0.2) is 46.3 Å². The Morgan fingerprint density at radius 2 is 2.12 bits per heavy atom. The van der Waals surface area contributed by atoms with E-state index in [2.05, 4.69) is 38.1 Å². The van der Waals surface area contributed by atoms with Gasteiger partial charge in [-0.2, -0.15) is 0 Å². The van der Waals surface area contributed by atoms with Crippen molar-refractivity contribution in [1.82, 2.24) is 25.1 Å². The Labute approximate surface area is 147 Å². The molecule has 0 spiro atoms. The second-order valence-electron chi connectivity index (χ2n) is 6.93. The summed E-state index contributed by atoms with van der Waals surface area (Å²) in [4.78, 5) is 2.34. The van der Waals surface area contributed by atoms with Crippen LogP contribution in [0.3, 0.4) is 0 Å². The number of anilines is 1. The Morgan fingerprint density at radius 3 is 2.84 bits per heavy atom. The summed E-state index contributed by atoms with van der Waals surface area (Å²) in [5, 5.41) is 12.2. The van der Waals surface area contributed by atoms with Gasteiger partial charge in [-0.25, -0.2) is 13.1 Å². The van der Waals surface area contributed by atoms with Crippen LogP contribution in [0.5, 0.6) is 0 Å². The van der Waals surface area contributed by atoms with E-state index in [1.165, 1.54) is 6.26 Å². The lowest BCUT2D eigenvalue weighted by atomic mass is 9.97. The quantitative estimate of drug-likeness (QED) is 0.866. The maximum Gasteiger partial charge on any atom is 0.229 e. The SMILES string of the molecule is CC(c1nnnn1C1CC1)N1CCc2c(cccc2NS(C)(=O)=O)C1. The van der Waals surface area contributed by atoms with Gasteiger partial charge in [-0.05, 0) is 53.8 Å². The number of tetrazole rings is 1. The molecule has 1 fully saturated rings. The highest BCUT2D eigenvalue weighted by atomic mass is 32.2. The summed E-state index contributed by atoms with van der Waals surface area (Å²) < 4.78 is 27.7. The third kappa shape index (κ3) is 3.38. The lowest BCUT2D eigenvalue weighted by Gasteiger charge is -2.33. The number of hydrogen-bond acceptors (Lipinski definition) is 6. The zero-order valence-corrected chi connectivity index (χ0v) is 15.2. The molecule has 0 amide bonds. The Balaban J connectivity index is 1.57. The van der Waals surface area contributed by atoms with Crippen LogP contribution in [0.4, 0.5) is 5.69 Å².